The fourth-order valence-electron chi connectivity index (χ4n) is 1.66. The molecular formula is C16H18Se. The molecule has 0 amide bonds. The van der Waals surface area contributed by atoms with Crippen LogP contribution in [0.15, 0.2) is 48.5 Å². The molecule has 0 saturated carbocycles. The average molecular weight is 289 g/mol. The average Bonchev–Trinajstić information content (AvgIpc) is 2.34. The summed E-state index contributed by atoms with van der Waals surface area (Å²) in [4.78, 5) is 0. The molecular weight excluding hydrogens is 271 g/mol. The van der Waals surface area contributed by atoms with Gasteiger partial charge in [-0.25, -0.2) is 0 Å². The van der Waals surface area contributed by atoms with Crippen molar-refractivity contribution in [2.45, 2.75) is 24.5 Å². The predicted octanol–water partition coefficient (Wildman–Crippen LogP) is 3.71. The van der Waals surface area contributed by atoms with Gasteiger partial charge in [0.25, 0.3) is 0 Å². The fraction of sp³-hybridized carbons (Fsp3) is 0.250. The van der Waals surface area contributed by atoms with Crippen molar-refractivity contribution in [2.24, 2.45) is 0 Å². The fourth-order valence-corrected chi connectivity index (χ4v) is 3.67. The molecule has 2 aromatic rings. The van der Waals surface area contributed by atoms with E-state index in [-0.39, 0.29) is 0 Å². The van der Waals surface area contributed by atoms with Gasteiger partial charge in [-0.2, -0.15) is 0 Å². The summed E-state index contributed by atoms with van der Waals surface area (Å²) in [6, 6.07) is 17.8. The molecule has 0 aromatic heterocycles. The molecule has 0 saturated heterocycles. The van der Waals surface area contributed by atoms with Crippen molar-refractivity contribution in [2.75, 3.05) is 0 Å². The normalized spacial score (nSPS) is 10.5. The first-order valence-corrected chi connectivity index (χ1v) is 8.35. The minimum atomic E-state index is 0.671. The van der Waals surface area contributed by atoms with Crippen LogP contribution in [0.25, 0.3) is 0 Å². The quantitative estimate of drug-likeness (QED) is 0.753. The molecule has 0 fully saturated rings. The van der Waals surface area contributed by atoms with Crippen LogP contribution in [0.1, 0.15) is 22.3 Å². The first-order valence-electron chi connectivity index (χ1n) is 5.93. The second-order valence-corrected chi connectivity index (χ2v) is 6.53. The number of rotatable bonds is 4. The van der Waals surface area contributed by atoms with Gasteiger partial charge in [-0.3, -0.25) is 0 Å². The molecule has 17 heavy (non-hydrogen) atoms. The summed E-state index contributed by atoms with van der Waals surface area (Å²) < 4.78 is 0. The van der Waals surface area contributed by atoms with E-state index in [1.54, 1.807) is 0 Å². The number of benzene rings is 2. The Balaban J connectivity index is 1.83. The van der Waals surface area contributed by atoms with Crippen LogP contribution in [0.4, 0.5) is 0 Å². The maximum absolute atomic E-state index is 2.26. The Bertz CT molecular complexity index is 408. The third kappa shape index (κ3) is 4.03. The Morgan fingerprint density at radius 2 is 1.00 bits per heavy atom. The summed E-state index contributed by atoms with van der Waals surface area (Å²) >= 11 is 0.671. The van der Waals surface area contributed by atoms with Crippen molar-refractivity contribution in [3.63, 3.8) is 0 Å². The van der Waals surface area contributed by atoms with Crippen molar-refractivity contribution < 1.29 is 0 Å². The second kappa shape index (κ2) is 6.05. The molecule has 0 unspecified atom stereocenters. The Morgan fingerprint density at radius 3 is 1.35 bits per heavy atom. The molecule has 0 aliphatic carbocycles. The van der Waals surface area contributed by atoms with E-state index in [1.807, 2.05) is 0 Å². The summed E-state index contributed by atoms with van der Waals surface area (Å²) in [5, 5.41) is 2.47. The van der Waals surface area contributed by atoms with E-state index < -0.39 is 0 Å². The Hall–Kier alpha value is -1.04. The van der Waals surface area contributed by atoms with E-state index in [9.17, 15) is 0 Å². The maximum atomic E-state index is 2.26. The SMILES string of the molecule is Cc1ccc(C[Se]Cc2ccc(C)cc2)cc1. The van der Waals surface area contributed by atoms with Gasteiger partial charge in [-0.1, -0.05) is 0 Å². The van der Waals surface area contributed by atoms with Gasteiger partial charge in [-0.05, 0) is 0 Å². The van der Waals surface area contributed by atoms with E-state index in [1.165, 1.54) is 32.9 Å². The monoisotopic (exact) mass is 290 g/mol. The third-order valence-electron chi connectivity index (χ3n) is 2.78. The Kier molecular flexibility index (Phi) is 4.42. The van der Waals surface area contributed by atoms with Crippen LogP contribution in [0.5, 0.6) is 0 Å². The van der Waals surface area contributed by atoms with E-state index in [4.69, 9.17) is 0 Å². The summed E-state index contributed by atoms with van der Waals surface area (Å²) in [5.41, 5.74) is 5.64. The van der Waals surface area contributed by atoms with Gasteiger partial charge < -0.3 is 0 Å². The zero-order valence-electron chi connectivity index (χ0n) is 10.4. The van der Waals surface area contributed by atoms with E-state index in [2.05, 4.69) is 62.4 Å². The topological polar surface area (TPSA) is 0 Å². The van der Waals surface area contributed by atoms with Crippen LogP contribution in [-0.4, -0.2) is 15.0 Å². The first-order chi connectivity index (χ1) is 8.24. The minimum absolute atomic E-state index is 0.671. The molecule has 0 nitrogen and oxygen atoms in total. The van der Waals surface area contributed by atoms with Crippen molar-refractivity contribution in [1.82, 2.24) is 0 Å². The molecule has 0 bridgehead atoms. The molecule has 2 aromatic carbocycles. The van der Waals surface area contributed by atoms with Crippen LogP contribution in [0, 0.1) is 13.8 Å². The molecule has 0 radical (unpaired) electrons. The summed E-state index contributed by atoms with van der Waals surface area (Å²) in [7, 11) is 0. The predicted molar refractivity (Wildman–Crippen MR) is 75.5 cm³/mol. The summed E-state index contributed by atoms with van der Waals surface area (Å²) in [6.07, 6.45) is 0. The Morgan fingerprint density at radius 1 is 0.647 bits per heavy atom. The van der Waals surface area contributed by atoms with Gasteiger partial charge in [0, 0.05) is 0 Å². The van der Waals surface area contributed by atoms with Crippen LogP contribution in [0.3, 0.4) is 0 Å². The van der Waals surface area contributed by atoms with Crippen LogP contribution in [0.2, 0.25) is 0 Å². The number of aryl methyl sites for hydroxylation is 2. The standard InChI is InChI=1S/C16H18Se/c1-13-3-7-15(8-4-13)11-17-12-16-9-5-14(2)6-10-16/h3-10H,11-12H2,1-2H3. The van der Waals surface area contributed by atoms with Crippen molar-refractivity contribution in [1.29, 1.82) is 0 Å². The molecule has 0 atom stereocenters. The molecule has 2 rings (SSSR count). The molecule has 0 aliphatic heterocycles. The molecule has 88 valence electrons. The molecule has 0 N–H and O–H groups in total. The second-order valence-electron chi connectivity index (χ2n) is 4.46. The van der Waals surface area contributed by atoms with Crippen LogP contribution in [-0.2, 0) is 10.6 Å². The van der Waals surface area contributed by atoms with Gasteiger partial charge in [0.2, 0.25) is 0 Å². The summed E-state index contributed by atoms with van der Waals surface area (Å²) in [6.45, 7) is 4.28. The molecule has 0 aliphatic rings. The van der Waals surface area contributed by atoms with Gasteiger partial charge >= 0.3 is 110 Å². The van der Waals surface area contributed by atoms with Crippen molar-refractivity contribution in [3.8, 4) is 0 Å². The van der Waals surface area contributed by atoms with E-state index >= 15 is 0 Å². The van der Waals surface area contributed by atoms with Gasteiger partial charge in [0.1, 0.15) is 0 Å². The molecule has 1 heteroatoms. The van der Waals surface area contributed by atoms with Crippen molar-refractivity contribution >= 4 is 15.0 Å². The zero-order chi connectivity index (χ0) is 12.1. The molecule has 0 heterocycles. The van der Waals surface area contributed by atoms with Crippen molar-refractivity contribution in [3.05, 3.63) is 70.8 Å². The summed E-state index contributed by atoms with van der Waals surface area (Å²) in [5.74, 6) is 0. The third-order valence-corrected chi connectivity index (χ3v) is 5.03. The van der Waals surface area contributed by atoms with Crippen LogP contribution < -0.4 is 0 Å². The number of hydrogen-bond acceptors (Lipinski definition) is 0. The zero-order valence-corrected chi connectivity index (χ0v) is 12.2. The van der Waals surface area contributed by atoms with Gasteiger partial charge in [0.15, 0.2) is 0 Å². The van der Waals surface area contributed by atoms with E-state index in [0.29, 0.717) is 15.0 Å². The first kappa shape index (κ1) is 12.4. The van der Waals surface area contributed by atoms with E-state index in [0.717, 1.165) is 0 Å². The van der Waals surface area contributed by atoms with Gasteiger partial charge in [0.05, 0.1) is 0 Å². The van der Waals surface area contributed by atoms with Crippen LogP contribution >= 0.6 is 0 Å². The Labute approximate surface area is 110 Å². The molecule has 0 spiro atoms. The number of hydrogen-bond donors (Lipinski definition) is 0. The van der Waals surface area contributed by atoms with Gasteiger partial charge in [-0.15, -0.1) is 0 Å².